The highest BCUT2D eigenvalue weighted by atomic mass is 19.3. The number of nitrogens with one attached hydrogen (secondary N) is 2. The Labute approximate surface area is 81.0 Å². The zero-order chi connectivity index (χ0) is 11.1. The number of carbonyl (C=O) groups excluding carboxylic acids is 2. The lowest BCUT2D eigenvalue weighted by molar-refractivity contribution is -0.131. The lowest BCUT2D eigenvalue weighted by Gasteiger charge is -2.08. The van der Waals surface area contributed by atoms with E-state index < -0.39 is 12.3 Å². The van der Waals surface area contributed by atoms with Crippen LogP contribution in [-0.4, -0.2) is 30.8 Å². The zero-order valence-electron chi connectivity index (χ0n) is 8.14. The molecule has 4 nitrogen and oxygen atoms in total. The average Bonchev–Trinajstić information content (AvgIpc) is 2.02. The predicted molar refractivity (Wildman–Crippen MR) is 46.9 cm³/mol. The minimum Gasteiger partial charge on any atom is -0.354 e. The first-order chi connectivity index (χ1) is 6.43. The van der Waals surface area contributed by atoms with E-state index in [2.05, 4.69) is 5.32 Å². The van der Waals surface area contributed by atoms with Gasteiger partial charge in [-0.05, 0) is 13.8 Å². The number of carbonyl (C=O) groups is 2. The standard InChI is InChI=1S/C8H14F2N2O2/c1-5(2)12-6(13)3-4-11-8(14)7(9)10/h5,7H,3-4H2,1-2H3,(H,11,14)(H,12,13). The van der Waals surface area contributed by atoms with E-state index in [1.54, 1.807) is 13.8 Å². The summed E-state index contributed by atoms with van der Waals surface area (Å²) in [7, 11) is 0. The van der Waals surface area contributed by atoms with Crippen LogP contribution in [-0.2, 0) is 9.59 Å². The van der Waals surface area contributed by atoms with Gasteiger partial charge in [0.05, 0.1) is 0 Å². The van der Waals surface area contributed by atoms with Crippen LogP contribution in [0.3, 0.4) is 0 Å². The lowest BCUT2D eigenvalue weighted by Crippen LogP contribution is -2.35. The second kappa shape index (κ2) is 6.28. The fraction of sp³-hybridized carbons (Fsp3) is 0.750. The Morgan fingerprint density at radius 1 is 1.29 bits per heavy atom. The molecule has 0 aromatic rings. The Morgan fingerprint density at radius 3 is 2.29 bits per heavy atom. The Hall–Kier alpha value is -1.20. The van der Waals surface area contributed by atoms with Crippen molar-refractivity contribution >= 4 is 11.8 Å². The van der Waals surface area contributed by atoms with Crippen molar-refractivity contribution in [1.82, 2.24) is 10.6 Å². The fourth-order valence-corrected chi connectivity index (χ4v) is 0.771. The van der Waals surface area contributed by atoms with Crippen LogP contribution >= 0.6 is 0 Å². The Morgan fingerprint density at radius 2 is 1.86 bits per heavy atom. The van der Waals surface area contributed by atoms with Crippen molar-refractivity contribution in [2.24, 2.45) is 0 Å². The molecule has 0 saturated carbocycles. The maximum Gasteiger partial charge on any atom is 0.315 e. The van der Waals surface area contributed by atoms with Crippen LogP contribution in [0.5, 0.6) is 0 Å². The molecule has 0 aromatic carbocycles. The van der Waals surface area contributed by atoms with Crippen LogP contribution in [0.15, 0.2) is 0 Å². The maximum absolute atomic E-state index is 11.7. The number of alkyl halides is 2. The molecule has 0 fully saturated rings. The van der Waals surface area contributed by atoms with Gasteiger partial charge in [0.15, 0.2) is 0 Å². The number of hydrogen-bond acceptors (Lipinski definition) is 2. The molecule has 0 spiro atoms. The summed E-state index contributed by atoms with van der Waals surface area (Å²) in [6.07, 6.45) is -3.01. The van der Waals surface area contributed by atoms with Crippen molar-refractivity contribution < 1.29 is 18.4 Å². The SMILES string of the molecule is CC(C)NC(=O)CCNC(=O)C(F)F. The second-order valence-electron chi connectivity index (χ2n) is 3.06. The van der Waals surface area contributed by atoms with E-state index in [1.165, 1.54) is 0 Å². The Balaban J connectivity index is 3.54. The first-order valence-corrected chi connectivity index (χ1v) is 4.28. The van der Waals surface area contributed by atoms with Gasteiger partial charge in [-0.2, -0.15) is 8.78 Å². The third-order valence-electron chi connectivity index (χ3n) is 1.30. The molecule has 0 atom stereocenters. The highest BCUT2D eigenvalue weighted by Crippen LogP contribution is 1.90. The monoisotopic (exact) mass is 208 g/mol. The molecule has 2 N–H and O–H groups in total. The first kappa shape index (κ1) is 12.8. The average molecular weight is 208 g/mol. The molecule has 0 aliphatic heterocycles. The molecular weight excluding hydrogens is 194 g/mol. The highest BCUT2D eigenvalue weighted by Gasteiger charge is 2.14. The Kier molecular flexibility index (Phi) is 5.74. The van der Waals surface area contributed by atoms with Gasteiger partial charge in [-0.25, -0.2) is 0 Å². The summed E-state index contributed by atoms with van der Waals surface area (Å²) in [6.45, 7) is 3.51. The molecule has 82 valence electrons. The molecule has 0 aliphatic rings. The molecule has 0 unspecified atom stereocenters. The normalized spacial score (nSPS) is 10.4. The van der Waals surface area contributed by atoms with Crippen LogP contribution in [0.4, 0.5) is 8.78 Å². The number of halogens is 2. The van der Waals surface area contributed by atoms with Gasteiger partial charge in [0.1, 0.15) is 0 Å². The van der Waals surface area contributed by atoms with E-state index in [1.807, 2.05) is 5.32 Å². The molecule has 0 aromatic heterocycles. The van der Waals surface area contributed by atoms with Crippen molar-refractivity contribution in [1.29, 1.82) is 0 Å². The number of rotatable bonds is 5. The van der Waals surface area contributed by atoms with Crippen molar-refractivity contribution in [3.8, 4) is 0 Å². The minimum absolute atomic E-state index is 0.00769. The minimum atomic E-state index is -3.02. The van der Waals surface area contributed by atoms with Crippen molar-refractivity contribution in [2.45, 2.75) is 32.7 Å². The van der Waals surface area contributed by atoms with Crippen LogP contribution in [0.2, 0.25) is 0 Å². The molecule has 0 radical (unpaired) electrons. The first-order valence-electron chi connectivity index (χ1n) is 4.28. The summed E-state index contributed by atoms with van der Waals surface area (Å²) in [4.78, 5) is 21.3. The van der Waals surface area contributed by atoms with Crippen LogP contribution in [0, 0.1) is 0 Å². The van der Waals surface area contributed by atoms with E-state index in [0.29, 0.717) is 0 Å². The third kappa shape index (κ3) is 6.33. The van der Waals surface area contributed by atoms with E-state index >= 15 is 0 Å². The molecule has 0 saturated heterocycles. The van der Waals surface area contributed by atoms with Crippen molar-refractivity contribution in [3.05, 3.63) is 0 Å². The molecule has 0 heterocycles. The number of amides is 2. The van der Waals surface area contributed by atoms with Gasteiger partial charge in [-0.15, -0.1) is 0 Å². The summed E-state index contributed by atoms with van der Waals surface area (Å²) >= 11 is 0. The van der Waals surface area contributed by atoms with Gasteiger partial charge < -0.3 is 10.6 Å². The Bertz CT molecular complexity index is 208. The van der Waals surface area contributed by atoms with Gasteiger partial charge in [0, 0.05) is 19.0 Å². The van der Waals surface area contributed by atoms with E-state index in [9.17, 15) is 18.4 Å². The van der Waals surface area contributed by atoms with E-state index in [-0.39, 0.29) is 24.9 Å². The molecular formula is C8H14F2N2O2. The summed E-state index contributed by atoms with van der Waals surface area (Å²) in [5.41, 5.74) is 0. The third-order valence-corrected chi connectivity index (χ3v) is 1.30. The summed E-state index contributed by atoms with van der Waals surface area (Å²) in [5, 5.41) is 4.50. The van der Waals surface area contributed by atoms with Crippen LogP contribution < -0.4 is 10.6 Å². The topological polar surface area (TPSA) is 58.2 Å². The molecule has 0 rings (SSSR count). The molecule has 0 aliphatic carbocycles. The van der Waals surface area contributed by atoms with Crippen LogP contribution in [0.1, 0.15) is 20.3 Å². The fourth-order valence-electron chi connectivity index (χ4n) is 0.771. The van der Waals surface area contributed by atoms with Crippen LogP contribution in [0.25, 0.3) is 0 Å². The molecule has 6 heteroatoms. The maximum atomic E-state index is 11.7. The van der Waals surface area contributed by atoms with E-state index in [4.69, 9.17) is 0 Å². The second-order valence-corrected chi connectivity index (χ2v) is 3.06. The van der Waals surface area contributed by atoms with Crippen molar-refractivity contribution in [2.75, 3.05) is 6.54 Å². The summed E-state index contributed by atoms with van der Waals surface area (Å²) < 4.78 is 23.3. The van der Waals surface area contributed by atoms with Gasteiger partial charge >= 0.3 is 6.43 Å². The van der Waals surface area contributed by atoms with Gasteiger partial charge in [-0.3, -0.25) is 9.59 Å². The quantitative estimate of drug-likeness (QED) is 0.682. The van der Waals surface area contributed by atoms with Gasteiger partial charge in [-0.1, -0.05) is 0 Å². The largest absolute Gasteiger partial charge is 0.354 e. The summed E-state index contributed by atoms with van der Waals surface area (Å²) in [6, 6.07) is 0.00769. The van der Waals surface area contributed by atoms with Gasteiger partial charge in [0.2, 0.25) is 5.91 Å². The molecule has 2 amide bonds. The highest BCUT2D eigenvalue weighted by molar-refractivity contribution is 5.80. The van der Waals surface area contributed by atoms with E-state index in [0.717, 1.165) is 0 Å². The summed E-state index contributed by atoms with van der Waals surface area (Å²) in [5.74, 6) is -1.61. The number of hydrogen-bond donors (Lipinski definition) is 2. The molecule has 0 bridgehead atoms. The van der Waals surface area contributed by atoms with Gasteiger partial charge in [0.25, 0.3) is 5.91 Å². The zero-order valence-corrected chi connectivity index (χ0v) is 8.14. The van der Waals surface area contributed by atoms with Crippen molar-refractivity contribution in [3.63, 3.8) is 0 Å². The predicted octanol–water partition coefficient (Wildman–Crippen LogP) is 0.282. The lowest BCUT2D eigenvalue weighted by atomic mass is 10.3. The molecule has 14 heavy (non-hydrogen) atoms. The smallest absolute Gasteiger partial charge is 0.315 e.